The van der Waals surface area contributed by atoms with E-state index in [0.717, 1.165) is 24.7 Å². The van der Waals surface area contributed by atoms with Gasteiger partial charge in [0.1, 0.15) is 0 Å². The molecule has 8 rings (SSSR count). The molecule has 4 aromatic carbocycles. The number of benzene rings is 4. The van der Waals surface area contributed by atoms with E-state index in [9.17, 15) is 0 Å². The Hall–Kier alpha value is -1.96. The van der Waals surface area contributed by atoms with Crippen molar-refractivity contribution in [3.8, 4) is 22.3 Å². The van der Waals surface area contributed by atoms with Crippen molar-refractivity contribution in [2.45, 2.75) is 125 Å². The normalized spacial score (nSPS) is 21.4. The molecule has 0 nitrogen and oxygen atoms in total. The molecule has 0 amide bonds. The first kappa shape index (κ1) is 38.9. The number of rotatable bonds is 9. The third-order valence-electron chi connectivity index (χ3n) is 14.2. The minimum atomic E-state index is -5.00. The fourth-order valence-corrected chi connectivity index (χ4v) is 42.6. The summed E-state index contributed by atoms with van der Waals surface area (Å²) in [6, 6.07) is 28.3. The number of hydrogen-bond acceptors (Lipinski definition) is 0. The van der Waals surface area contributed by atoms with Gasteiger partial charge in [0.2, 0.25) is 0 Å². The summed E-state index contributed by atoms with van der Waals surface area (Å²) in [5, 5.41) is 0. The van der Waals surface area contributed by atoms with Crippen molar-refractivity contribution in [3.63, 3.8) is 0 Å². The molecule has 0 N–H and O–H groups in total. The molecule has 54 heavy (non-hydrogen) atoms. The van der Waals surface area contributed by atoms with Crippen LogP contribution in [-0.2, 0) is 15.6 Å². The van der Waals surface area contributed by atoms with Crippen LogP contribution < -0.4 is 0 Å². The first-order valence-electron chi connectivity index (χ1n) is 21.3. The Labute approximate surface area is 335 Å². The summed E-state index contributed by atoms with van der Waals surface area (Å²) in [6.45, 7) is 14.1. The zero-order valence-electron chi connectivity index (χ0n) is 33.7. The van der Waals surface area contributed by atoms with Gasteiger partial charge in [-0.2, -0.15) is 0 Å². The zero-order valence-corrected chi connectivity index (χ0v) is 38.8. The molecule has 2 atom stereocenters. The topological polar surface area (TPSA) is 0 Å². The van der Waals surface area contributed by atoms with Crippen LogP contribution in [0.25, 0.3) is 34.4 Å². The van der Waals surface area contributed by atoms with E-state index in [1.807, 2.05) is 0 Å². The molecule has 4 heteroatoms. The van der Waals surface area contributed by atoms with Crippen LogP contribution in [0.15, 0.2) is 83.9 Å². The van der Waals surface area contributed by atoms with Crippen LogP contribution in [0, 0.1) is 39.5 Å². The van der Waals surface area contributed by atoms with Crippen molar-refractivity contribution in [1.82, 2.24) is 0 Å². The molecule has 4 aliphatic carbocycles. The van der Waals surface area contributed by atoms with Crippen LogP contribution in [-0.4, -0.2) is 5.92 Å². The quantitative estimate of drug-likeness (QED) is 0.147. The van der Waals surface area contributed by atoms with Gasteiger partial charge in [0.25, 0.3) is 0 Å². The molecule has 2 unspecified atom stereocenters. The van der Waals surface area contributed by atoms with Crippen LogP contribution in [0.5, 0.6) is 0 Å². The Kier molecular flexibility index (Phi) is 11.1. The molecule has 2 fully saturated rings. The summed E-state index contributed by atoms with van der Waals surface area (Å²) in [5.74, 6) is -0.258. The van der Waals surface area contributed by atoms with Gasteiger partial charge in [-0.05, 0) is 0 Å². The molecule has 0 radical (unpaired) electrons. The second-order valence-electron chi connectivity index (χ2n) is 18.5. The summed E-state index contributed by atoms with van der Waals surface area (Å²) >= 11 is -5.00. The third kappa shape index (κ3) is 7.12. The molecule has 0 aromatic heterocycles. The van der Waals surface area contributed by atoms with Crippen molar-refractivity contribution in [2.75, 3.05) is 0 Å². The number of halogens is 2. The van der Waals surface area contributed by atoms with Crippen molar-refractivity contribution in [2.24, 2.45) is 11.8 Å². The van der Waals surface area contributed by atoms with Gasteiger partial charge in [0.05, 0.1) is 0 Å². The van der Waals surface area contributed by atoms with Gasteiger partial charge in [0.15, 0.2) is 0 Å². The molecule has 0 spiro atoms. The van der Waals surface area contributed by atoms with E-state index >= 15 is 0 Å². The summed E-state index contributed by atoms with van der Waals surface area (Å²) in [6.07, 6.45) is 21.0. The predicted molar refractivity (Wildman–Crippen MR) is 237 cm³/mol. The first-order chi connectivity index (χ1) is 25.9. The monoisotopic (exact) mass is 849 g/mol. The fraction of sp³-hybridized carbons (Fsp3) is 0.440. The van der Waals surface area contributed by atoms with E-state index in [2.05, 4.69) is 126 Å². The van der Waals surface area contributed by atoms with E-state index in [1.54, 1.807) is 11.1 Å². The second-order valence-corrected chi connectivity index (χ2v) is 61.0. The van der Waals surface area contributed by atoms with Gasteiger partial charge in [-0.3, -0.25) is 0 Å². The first-order valence-corrected chi connectivity index (χ1v) is 37.6. The second kappa shape index (κ2) is 15.4. The predicted octanol–water partition coefficient (Wildman–Crippen LogP) is 15.8. The molecular formula is C50H61Cl2SiZr. The molecular weight excluding hydrogens is 791 g/mol. The van der Waals surface area contributed by atoms with E-state index < -0.39 is 21.5 Å². The van der Waals surface area contributed by atoms with Gasteiger partial charge in [-0.1, -0.05) is 0 Å². The van der Waals surface area contributed by atoms with Crippen molar-refractivity contribution in [1.29, 1.82) is 0 Å². The zero-order chi connectivity index (χ0) is 37.8. The molecule has 0 aliphatic heterocycles. The van der Waals surface area contributed by atoms with Crippen molar-refractivity contribution in [3.05, 3.63) is 128 Å². The van der Waals surface area contributed by atoms with E-state index in [1.165, 1.54) is 131 Å². The number of fused-ring (bicyclic) bond motifs is 2. The van der Waals surface area contributed by atoms with Crippen LogP contribution in [0.2, 0.25) is 13.1 Å². The Morgan fingerprint density at radius 2 is 0.889 bits per heavy atom. The van der Waals surface area contributed by atoms with Gasteiger partial charge in [-0.15, -0.1) is 0 Å². The van der Waals surface area contributed by atoms with Crippen LogP contribution >= 0.6 is 17.0 Å². The maximum absolute atomic E-state index is 9.12. The molecule has 4 aromatic rings. The van der Waals surface area contributed by atoms with Crippen LogP contribution in [0.4, 0.5) is 0 Å². The standard InChI is InChI=1S/2C24H27.C2H7Si.2ClH.Zr/c2*1-17-8-10-21(11-9-17)23-13-18(2)12-22-15-20(16-24(22)23)14-19-6-4-3-5-7-19;1-3-2;;;/h2*8-13,15-16,19H,3-7,14H2,1-2H3;3H,1-2H3;2*1H;/q;;;;;+2/p-2. The van der Waals surface area contributed by atoms with E-state index in [-0.39, 0.29) is 7.25 Å². The maximum atomic E-state index is 9.12. The minimum absolute atomic E-state index is 0.136. The molecule has 0 bridgehead atoms. The fourth-order valence-electron chi connectivity index (χ4n) is 11.3. The number of allylic oxidation sites excluding steroid dienone is 2. The summed E-state index contributed by atoms with van der Waals surface area (Å²) in [5.41, 5.74) is 19.4. The van der Waals surface area contributed by atoms with Gasteiger partial charge in [-0.25, -0.2) is 0 Å². The Morgan fingerprint density at radius 1 is 0.519 bits per heavy atom. The summed E-state index contributed by atoms with van der Waals surface area (Å²) < 4.78 is 0.271. The van der Waals surface area contributed by atoms with E-state index in [4.69, 9.17) is 17.0 Å². The van der Waals surface area contributed by atoms with Crippen molar-refractivity contribution < 1.29 is 15.6 Å². The third-order valence-corrected chi connectivity index (χ3v) is 66.0. The average molecular weight is 852 g/mol. The molecule has 0 saturated heterocycles. The number of aryl methyl sites for hydroxylation is 4. The average Bonchev–Trinajstić information content (AvgIpc) is 3.71. The van der Waals surface area contributed by atoms with Crippen LogP contribution in [0.1, 0.15) is 129 Å². The molecule has 2 saturated carbocycles. The van der Waals surface area contributed by atoms with E-state index in [0.29, 0.717) is 0 Å². The summed E-state index contributed by atoms with van der Waals surface area (Å²) in [4.78, 5) is 0. The Balaban J connectivity index is 1.36. The SMILES string of the molecule is Cc1ccc(-c2cc(C)cc3c2C=C(CC2CCCCC2)[CH]3[Zr]([Cl])([Cl])([CH]2C(CC3CCCCC3)=Cc3c(-c4ccc(C)cc4)cc(C)cc32)[SiH](C)C)cc1. The Morgan fingerprint density at radius 3 is 1.24 bits per heavy atom. The Bertz CT molecular complexity index is 1950. The molecule has 4 aliphatic rings. The number of hydrogen-bond donors (Lipinski definition) is 0. The summed E-state index contributed by atoms with van der Waals surface area (Å²) in [7, 11) is 18.2. The van der Waals surface area contributed by atoms with Gasteiger partial charge in [0, 0.05) is 0 Å². The van der Waals surface area contributed by atoms with Gasteiger partial charge < -0.3 is 0 Å². The van der Waals surface area contributed by atoms with Crippen molar-refractivity contribution >= 4 is 35.1 Å². The molecule has 0 heterocycles. The molecule has 283 valence electrons. The van der Waals surface area contributed by atoms with Gasteiger partial charge >= 0.3 is 338 Å². The van der Waals surface area contributed by atoms with Crippen LogP contribution in [0.3, 0.4) is 0 Å².